The molecule has 1 aliphatic rings. The minimum absolute atomic E-state index is 0.106. The number of aliphatic imine (C=N–C) groups is 1. The lowest BCUT2D eigenvalue weighted by Gasteiger charge is -2.25. The zero-order valence-corrected chi connectivity index (χ0v) is 16.5. The van der Waals surface area contributed by atoms with Gasteiger partial charge in [-0.25, -0.2) is 4.99 Å². The molecule has 1 aliphatic carbocycles. The molecule has 8 heteroatoms. The van der Waals surface area contributed by atoms with Gasteiger partial charge in [-0.1, -0.05) is 0 Å². The quantitative estimate of drug-likeness (QED) is 0.480. The van der Waals surface area contributed by atoms with E-state index < -0.39 is 6.61 Å². The molecule has 0 bridgehead atoms. The minimum Gasteiger partial charge on any atom is -0.497 e. The van der Waals surface area contributed by atoms with Gasteiger partial charge in [-0.15, -0.1) is 0 Å². The van der Waals surface area contributed by atoms with E-state index in [-0.39, 0.29) is 12.3 Å². The van der Waals surface area contributed by atoms with Crippen LogP contribution in [-0.2, 0) is 6.54 Å². The molecule has 27 heavy (non-hydrogen) atoms. The monoisotopic (exact) mass is 384 g/mol. The number of alkyl halides is 2. The maximum absolute atomic E-state index is 12.7. The summed E-state index contributed by atoms with van der Waals surface area (Å²) in [5, 5.41) is 6.56. The first-order chi connectivity index (χ1) is 12.9. The second-order valence-electron chi connectivity index (χ2n) is 6.80. The number of likely N-dealkylation sites (N-methyl/N-ethyl adjacent to an activating group) is 1. The summed E-state index contributed by atoms with van der Waals surface area (Å²) in [5.41, 5.74) is 0.540. The summed E-state index contributed by atoms with van der Waals surface area (Å²) in [6.07, 6.45) is 2.52. The summed E-state index contributed by atoms with van der Waals surface area (Å²) >= 11 is 0. The molecule has 1 aromatic rings. The molecule has 0 heterocycles. The normalized spacial score (nSPS) is 15.8. The molecule has 2 rings (SSSR count). The summed E-state index contributed by atoms with van der Waals surface area (Å²) in [4.78, 5) is 6.76. The zero-order valence-electron chi connectivity index (χ0n) is 16.5. The molecule has 1 saturated carbocycles. The molecular weight excluding hydrogens is 354 g/mol. The third-order valence-electron chi connectivity index (χ3n) is 4.54. The van der Waals surface area contributed by atoms with Gasteiger partial charge in [-0.3, -0.25) is 0 Å². The summed E-state index contributed by atoms with van der Waals surface area (Å²) in [6, 6.07) is 5.18. The maximum atomic E-state index is 12.7. The largest absolute Gasteiger partial charge is 0.497 e. The molecule has 152 valence electrons. The molecule has 0 saturated heterocycles. The molecule has 0 spiro atoms. The van der Waals surface area contributed by atoms with Gasteiger partial charge in [0, 0.05) is 24.7 Å². The molecule has 0 radical (unpaired) electrons. The van der Waals surface area contributed by atoms with Crippen molar-refractivity contribution in [3.63, 3.8) is 0 Å². The van der Waals surface area contributed by atoms with Crippen molar-refractivity contribution in [3.05, 3.63) is 23.8 Å². The Bertz CT molecular complexity index is 620. The van der Waals surface area contributed by atoms with Crippen molar-refractivity contribution >= 4 is 5.96 Å². The van der Waals surface area contributed by atoms with Crippen molar-refractivity contribution in [2.45, 2.75) is 39.0 Å². The van der Waals surface area contributed by atoms with E-state index in [9.17, 15) is 8.78 Å². The van der Waals surface area contributed by atoms with E-state index >= 15 is 0 Å². The number of nitrogens with zero attached hydrogens (tertiary/aromatic N) is 2. The minimum atomic E-state index is -2.88. The first-order valence-electron chi connectivity index (χ1n) is 9.24. The predicted octanol–water partition coefficient (Wildman–Crippen LogP) is 2.69. The van der Waals surface area contributed by atoms with Gasteiger partial charge in [0.2, 0.25) is 0 Å². The topological polar surface area (TPSA) is 58.1 Å². The van der Waals surface area contributed by atoms with Gasteiger partial charge in [0.15, 0.2) is 5.96 Å². The fraction of sp³-hybridized carbons (Fsp3) is 0.632. The lowest BCUT2D eigenvalue weighted by molar-refractivity contribution is -0.0504. The van der Waals surface area contributed by atoms with E-state index in [0.29, 0.717) is 29.9 Å². The Hall–Kier alpha value is -2.09. The third kappa shape index (κ3) is 6.86. The van der Waals surface area contributed by atoms with Crippen LogP contribution in [0.4, 0.5) is 8.78 Å². The van der Waals surface area contributed by atoms with E-state index in [2.05, 4.69) is 39.4 Å². The number of methoxy groups -OCH3 is 1. The lowest BCUT2D eigenvalue weighted by Crippen LogP contribution is -2.46. The van der Waals surface area contributed by atoms with Gasteiger partial charge in [0.25, 0.3) is 0 Å². The summed E-state index contributed by atoms with van der Waals surface area (Å²) in [7, 11) is 5.69. The van der Waals surface area contributed by atoms with Crippen LogP contribution < -0.4 is 20.1 Å². The molecule has 1 fully saturated rings. The molecule has 0 aliphatic heterocycles. The molecule has 2 N–H and O–H groups in total. The highest BCUT2D eigenvalue weighted by atomic mass is 19.3. The second-order valence-corrected chi connectivity index (χ2v) is 6.80. The molecule has 1 unspecified atom stereocenters. The number of halogens is 2. The molecule has 6 nitrogen and oxygen atoms in total. The highest BCUT2D eigenvalue weighted by Gasteiger charge is 2.32. The molecule has 1 atom stereocenters. The number of ether oxygens (including phenoxy) is 2. The van der Waals surface area contributed by atoms with Crippen LogP contribution >= 0.6 is 0 Å². The average Bonchev–Trinajstić information content (AvgIpc) is 3.45. The standard InChI is InChI=1S/C19H30F2N4O2/c1-5-22-19(24-12-16(25(2)3)13-6-7-13)23-11-14-10-15(26-4)8-9-17(14)27-18(20)21/h8-10,13,16,18H,5-7,11-12H2,1-4H3,(H2,22,23,24). The first kappa shape index (κ1) is 21.2. The summed E-state index contributed by atoms with van der Waals surface area (Å²) in [6.45, 7) is 0.790. The molecule has 0 amide bonds. The van der Waals surface area contributed by atoms with E-state index in [0.717, 1.165) is 12.5 Å². The second kappa shape index (κ2) is 10.3. The Morgan fingerprint density at radius 1 is 1.30 bits per heavy atom. The number of nitrogens with one attached hydrogen (secondary N) is 2. The van der Waals surface area contributed by atoms with Crippen molar-refractivity contribution < 1.29 is 18.3 Å². The average molecular weight is 384 g/mol. The van der Waals surface area contributed by atoms with Crippen LogP contribution in [0, 0.1) is 5.92 Å². The highest BCUT2D eigenvalue weighted by Crippen LogP contribution is 2.34. The number of hydrogen-bond acceptors (Lipinski definition) is 4. The summed E-state index contributed by atoms with van der Waals surface area (Å²) < 4.78 is 35.1. The van der Waals surface area contributed by atoms with Gasteiger partial charge in [0.1, 0.15) is 11.5 Å². The van der Waals surface area contributed by atoms with Crippen molar-refractivity contribution in [1.29, 1.82) is 0 Å². The lowest BCUT2D eigenvalue weighted by atomic mass is 10.1. The molecular formula is C19H30F2N4O2. The maximum Gasteiger partial charge on any atom is 0.387 e. The van der Waals surface area contributed by atoms with E-state index in [1.807, 2.05) is 6.92 Å². The van der Waals surface area contributed by atoms with E-state index in [4.69, 9.17) is 4.74 Å². The SMILES string of the molecule is CCNC(=NCc1cc(OC)ccc1OC(F)F)NCC(C1CC1)N(C)C. The molecule has 0 aromatic heterocycles. The van der Waals surface area contributed by atoms with Crippen molar-refractivity contribution in [1.82, 2.24) is 15.5 Å². The Labute approximate surface area is 159 Å². The van der Waals surface area contributed by atoms with Crippen LogP contribution in [-0.4, -0.2) is 57.8 Å². The van der Waals surface area contributed by atoms with Gasteiger partial charge in [-0.05, 0) is 58.0 Å². The zero-order chi connectivity index (χ0) is 19.8. The van der Waals surface area contributed by atoms with Crippen LogP contribution in [0.25, 0.3) is 0 Å². The number of hydrogen-bond donors (Lipinski definition) is 2. The fourth-order valence-corrected chi connectivity index (χ4v) is 2.98. The third-order valence-corrected chi connectivity index (χ3v) is 4.54. The van der Waals surface area contributed by atoms with Crippen molar-refractivity contribution in [3.8, 4) is 11.5 Å². The van der Waals surface area contributed by atoms with E-state index in [1.54, 1.807) is 12.1 Å². The van der Waals surface area contributed by atoms with Crippen molar-refractivity contribution in [2.24, 2.45) is 10.9 Å². The van der Waals surface area contributed by atoms with Gasteiger partial charge < -0.3 is 25.0 Å². The van der Waals surface area contributed by atoms with Crippen LogP contribution in [0.5, 0.6) is 11.5 Å². The van der Waals surface area contributed by atoms with Crippen LogP contribution in [0.2, 0.25) is 0 Å². The van der Waals surface area contributed by atoms with Crippen LogP contribution in [0.15, 0.2) is 23.2 Å². The Kier molecular flexibility index (Phi) is 8.09. The number of guanidine groups is 1. The fourth-order valence-electron chi connectivity index (χ4n) is 2.98. The van der Waals surface area contributed by atoms with Crippen LogP contribution in [0.3, 0.4) is 0 Å². The Morgan fingerprint density at radius 2 is 2.04 bits per heavy atom. The van der Waals surface area contributed by atoms with Gasteiger partial charge >= 0.3 is 6.61 Å². The first-order valence-corrected chi connectivity index (χ1v) is 9.24. The Morgan fingerprint density at radius 3 is 2.59 bits per heavy atom. The Balaban J connectivity index is 2.08. The number of rotatable bonds is 10. The smallest absolute Gasteiger partial charge is 0.387 e. The number of benzene rings is 1. The van der Waals surface area contributed by atoms with Crippen molar-refractivity contribution in [2.75, 3.05) is 34.3 Å². The molecule has 1 aromatic carbocycles. The van der Waals surface area contributed by atoms with Crippen LogP contribution in [0.1, 0.15) is 25.3 Å². The van der Waals surface area contributed by atoms with Gasteiger partial charge in [0.05, 0.1) is 13.7 Å². The highest BCUT2D eigenvalue weighted by molar-refractivity contribution is 5.79. The van der Waals surface area contributed by atoms with E-state index in [1.165, 1.54) is 26.0 Å². The summed E-state index contributed by atoms with van der Waals surface area (Å²) in [5.74, 6) is 2.05. The van der Waals surface area contributed by atoms with Gasteiger partial charge in [-0.2, -0.15) is 8.78 Å². The predicted molar refractivity (Wildman–Crippen MR) is 103 cm³/mol.